The first kappa shape index (κ1) is 15.3. The van der Waals surface area contributed by atoms with Gasteiger partial charge in [-0.15, -0.1) is 5.10 Å². The molecule has 122 valence electrons. The fourth-order valence-corrected chi connectivity index (χ4v) is 3.04. The summed E-state index contributed by atoms with van der Waals surface area (Å²) in [5, 5.41) is 13.5. The molecule has 23 heavy (non-hydrogen) atoms. The van der Waals surface area contributed by atoms with Crippen molar-refractivity contribution >= 4 is 17.5 Å². The number of rotatable bonds is 4. The van der Waals surface area contributed by atoms with Crippen LogP contribution < -0.4 is 5.69 Å². The molecule has 1 unspecified atom stereocenters. The minimum atomic E-state index is -1.15. The number of aliphatic carboxylic acids is 1. The number of carboxylic acid groups (broad SMARTS) is 1. The fourth-order valence-electron chi connectivity index (χ4n) is 3.04. The molecule has 3 heterocycles. The maximum Gasteiger partial charge on any atom is 0.350 e. The minimum absolute atomic E-state index is 0.0483. The molecule has 8 nitrogen and oxygen atoms in total. The molecule has 0 aromatic carbocycles. The molecule has 0 aliphatic carbocycles. The summed E-state index contributed by atoms with van der Waals surface area (Å²) in [6.07, 6.45) is 2.78. The normalized spacial score (nSPS) is 21.0. The van der Waals surface area contributed by atoms with Crippen molar-refractivity contribution in [3.63, 3.8) is 0 Å². The first-order chi connectivity index (χ1) is 10.9. The van der Waals surface area contributed by atoms with Crippen molar-refractivity contribution in [2.24, 2.45) is 0 Å². The van der Waals surface area contributed by atoms with E-state index >= 15 is 0 Å². The van der Waals surface area contributed by atoms with Crippen LogP contribution in [0.3, 0.4) is 0 Å². The van der Waals surface area contributed by atoms with Gasteiger partial charge in [0.1, 0.15) is 5.54 Å². The molecule has 1 N–H and O–H groups in total. The summed E-state index contributed by atoms with van der Waals surface area (Å²) in [5.41, 5.74) is -0.946. The van der Waals surface area contributed by atoms with Crippen LogP contribution in [0.1, 0.15) is 26.2 Å². The van der Waals surface area contributed by atoms with Gasteiger partial charge in [0.25, 0.3) is 0 Å². The van der Waals surface area contributed by atoms with Crippen LogP contribution in [0.25, 0.3) is 5.65 Å². The zero-order valence-electron chi connectivity index (χ0n) is 12.8. The number of hydrogen-bond acceptors (Lipinski definition) is 4. The summed E-state index contributed by atoms with van der Waals surface area (Å²) in [6.45, 7) is 2.13. The number of amides is 1. The largest absolute Gasteiger partial charge is 0.480 e. The number of carboxylic acids is 1. The van der Waals surface area contributed by atoms with Crippen molar-refractivity contribution in [2.45, 2.75) is 38.3 Å². The molecule has 1 atom stereocenters. The van der Waals surface area contributed by atoms with Gasteiger partial charge in [0, 0.05) is 19.2 Å². The Labute approximate surface area is 131 Å². The molecule has 1 aliphatic heterocycles. The van der Waals surface area contributed by atoms with E-state index in [4.69, 9.17) is 0 Å². The first-order valence-corrected chi connectivity index (χ1v) is 7.51. The Kier molecular flexibility index (Phi) is 3.67. The molecule has 2 aromatic rings. The van der Waals surface area contributed by atoms with Gasteiger partial charge in [0.2, 0.25) is 5.91 Å². The van der Waals surface area contributed by atoms with Gasteiger partial charge in [0.15, 0.2) is 5.65 Å². The van der Waals surface area contributed by atoms with E-state index in [2.05, 4.69) is 5.10 Å². The number of carbonyl (C=O) groups is 2. The Morgan fingerprint density at radius 1 is 1.39 bits per heavy atom. The van der Waals surface area contributed by atoms with Crippen molar-refractivity contribution in [1.29, 1.82) is 0 Å². The van der Waals surface area contributed by atoms with Gasteiger partial charge in [-0.05, 0) is 31.9 Å². The first-order valence-electron chi connectivity index (χ1n) is 7.51. The molecule has 2 aromatic heterocycles. The quantitative estimate of drug-likeness (QED) is 0.877. The SMILES string of the molecule is CC1(C(=O)O)CCCN1C(=O)CCn1nc2ccccn2c1=O. The standard InChI is InChI=1S/C15H18N4O4/c1-15(13(21)22)7-4-9-18(15)12(20)6-10-19-14(23)17-8-3-2-5-11(17)16-19/h2-3,5,8H,4,6-7,9-10H2,1H3,(H,21,22). The number of aromatic nitrogens is 3. The summed E-state index contributed by atoms with van der Waals surface area (Å²) in [5.74, 6) is -1.26. The molecular weight excluding hydrogens is 300 g/mol. The van der Waals surface area contributed by atoms with E-state index < -0.39 is 11.5 Å². The van der Waals surface area contributed by atoms with Gasteiger partial charge < -0.3 is 10.0 Å². The third-order valence-corrected chi connectivity index (χ3v) is 4.43. The maximum atomic E-state index is 12.4. The third kappa shape index (κ3) is 2.49. The summed E-state index contributed by atoms with van der Waals surface area (Å²) in [7, 11) is 0. The van der Waals surface area contributed by atoms with Crippen LogP contribution in [0.5, 0.6) is 0 Å². The summed E-state index contributed by atoms with van der Waals surface area (Å²) < 4.78 is 2.64. The third-order valence-electron chi connectivity index (χ3n) is 4.43. The van der Waals surface area contributed by atoms with Crippen LogP contribution in [-0.4, -0.2) is 48.1 Å². The smallest absolute Gasteiger partial charge is 0.350 e. The summed E-state index contributed by atoms with van der Waals surface area (Å²) in [6, 6.07) is 5.22. The summed E-state index contributed by atoms with van der Waals surface area (Å²) in [4.78, 5) is 37.3. The number of nitrogens with zero attached hydrogens (tertiary/aromatic N) is 4. The van der Waals surface area contributed by atoms with Crippen molar-refractivity contribution in [2.75, 3.05) is 6.54 Å². The van der Waals surface area contributed by atoms with Crippen molar-refractivity contribution in [3.8, 4) is 0 Å². The molecule has 3 rings (SSSR count). The van der Waals surface area contributed by atoms with Crippen LogP contribution in [0, 0.1) is 0 Å². The molecule has 0 bridgehead atoms. The number of likely N-dealkylation sites (tertiary alicyclic amines) is 1. The van der Waals surface area contributed by atoms with E-state index in [9.17, 15) is 19.5 Å². The van der Waals surface area contributed by atoms with Crippen molar-refractivity contribution in [1.82, 2.24) is 19.1 Å². The highest BCUT2D eigenvalue weighted by molar-refractivity contribution is 5.87. The Hall–Kier alpha value is -2.64. The van der Waals surface area contributed by atoms with Crippen molar-refractivity contribution < 1.29 is 14.7 Å². The lowest BCUT2D eigenvalue weighted by Gasteiger charge is -2.31. The highest BCUT2D eigenvalue weighted by Crippen LogP contribution is 2.29. The van der Waals surface area contributed by atoms with Crippen LogP contribution in [0.15, 0.2) is 29.2 Å². The predicted molar refractivity (Wildman–Crippen MR) is 81.1 cm³/mol. The number of fused-ring (bicyclic) bond motifs is 1. The second kappa shape index (κ2) is 5.53. The number of hydrogen-bond donors (Lipinski definition) is 1. The average Bonchev–Trinajstić information content (AvgIpc) is 3.07. The average molecular weight is 318 g/mol. The van der Waals surface area contributed by atoms with Crippen LogP contribution >= 0.6 is 0 Å². The van der Waals surface area contributed by atoms with E-state index in [-0.39, 0.29) is 24.6 Å². The van der Waals surface area contributed by atoms with Crippen molar-refractivity contribution in [3.05, 3.63) is 34.9 Å². The van der Waals surface area contributed by atoms with Crippen LogP contribution in [0.4, 0.5) is 0 Å². The van der Waals surface area contributed by atoms with E-state index in [0.29, 0.717) is 25.0 Å². The lowest BCUT2D eigenvalue weighted by Crippen LogP contribution is -2.51. The number of pyridine rings is 1. The molecule has 1 aliphatic rings. The zero-order chi connectivity index (χ0) is 16.6. The Balaban J connectivity index is 1.75. The predicted octanol–water partition coefficient (Wildman–Crippen LogP) is 0.352. The molecule has 0 saturated carbocycles. The minimum Gasteiger partial charge on any atom is -0.480 e. The molecule has 0 spiro atoms. The monoisotopic (exact) mass is 318 g/mol. The number of aryl methyl sites for hydroxylation is 1. The lowest BCUT2D eigenvalue weighted by atomic mass is 9.99. The van der Waals surface area contributed by atoms with Crippen LogP contribution in [0.2, 0.25) is 0 Å². The molecule has 1 saturated heterocycles. The maximum absolute atomic E-state index is 12.4. The molecule has 8 heteroatoms. The second-order valence-electron chi connectivity index (χ2n) is 5.91. The Morgan fingerprint density at radius 2 is 2.17 bits per heavy atom. The van der Waals surface area contributed by atoms with Gasteiger partial charge >= 0.3 is 11.7 Å². The Bertz CT molecular complexity index is 824. The lowest BCUT2D eigenvalue weighted by molar-refractivity contribution is -0.155. The van der Waals surface area contributed by atoms with E-state index in [1.165, 1.54) is 14.0 Å². The second-order valence-corrected chi connectivity index (χ2v) is 5.91. The Morgan fingerprint density at radius 3 is 2.87 bits per heavy atom. The molecule has 1 fully saturated rings. The molecular formula is C15H18N4O4. The van der Waals surface area contributed by atoms with E-state index in [1.54, 1.807) is 31.3 Å². The zero-order valence-corrected chi connectivity index (χ0v) is 12.8. The van der Waals surface area contributed by atoms with Gasteiger partial charge in [-0.2, -0.15) is 0 Å². The van der Waals surface area contributed by atoms with E-state index in [0.717, 1.165) is 0 Å². The van der Waals surface area contributed by atoms with Gasteiger partial charge in [-0.3, -0.25) is 9.20 Å². The highest BCUT2D eigenvalue weighted by atomic mass is 16.4. The molecule has 0 radical (unpaired) electrons. The highest BCUT2D eigenvalue weighted by Gasteiger charge is 2.45. The fraction of sp³-hybridized carbons (Fsp3) is 0.467. The van der Waals surface area contributed by atoms with Gasteiger partial charge in [0.05, 0.1) is 6.54 Å². The van der Waals surface area contributed by atoms with Gasteiger partial charge in [-0.25, -0.2) is 14.3 Å². The van der Waals surface area contributed by atoms with Gasteiger partial charge in [-0.1, -0.05) is 6.07 Å². The van der Waals surface area contributed by atoms with Crippen LogP contribution in [-0.2, 0) is 16.1 Å². The summed E-state index contributed by atoms with van der Waals surface area (Å²) >= 11 is 0. The number of carbonyl (C=O) groups excluding carboxylic acids is 1. The molecule has 1 amide bonds. The topological polar surface area (TPSA) is 96.9 Å². The van der Waals surface area contributed by atoms with E-state index in [1.807, 2.05) is 0 Å².